The number of allylic oxidation sites excluding steroid dienone is 1. The lowest BCUT2D eigenvalue weighted by atomic mass is 10.0. The number of nitrogens with zero attached hydrogens (tertiary/aromatic N) is 3. The highest BCUT2D eigenvalue weighted by atomic mass is 35.5. The maximum absolute atomic E-state index is 12.9. The highest BCUT2D eigenvalue weighted by Crippen LogP contribution is 2.32. The zero-order valence-corrected chi connectivity index (χ0v) is 23.2. The van der Waals surface area contributed by atoms with Crippen molar-refractivity contribution in [2.75, 3.05) is 11.1 Å². The molecule has 12 heteroatoms. The lowest BCUT2D eigenvalue weighted by molar-refractivity contribution is -0.113. The molecule has 190 valence electrons. The highest BCUT2D eigenvalue weighted by molar-refractivity contribution is 7.99. The minimum atomic E-state index is -0.459. The monoisotopic (exact) mass is 585 g/mol. The van der Waals surface area contributed by atoms with Crippen LogP contribution in [-0.4, -0.2) is 32.3 Å². The maximum Gasteiger partial charge on any atom is 0.253 e. The summed E-state index contributed by atoms with van der Waals surface area (Å²) < 4.78 is 1.81. The molecule has 0 bridgehead atoms. The zero-order valence-electron chi connectivity index (χ0n) is 19.4. The van der Waals surface area contributed by atoms with Crippen molar-refractivity contribution >= 4 is 75.7 Å². The van der Waals surface area contributed by atoms with Gasteiger partial charge in [0.05, 0.1) is 43.1 Å². The number of aromatic nitrogens is 3. The SMILES string of the molecule is C=CCn1c(SCC(=O)Nc2cc(Cl)c(Cl)cc2Cl)nnc1C(NC(=O)c1ccccc1Cl)C(C)C. The number of halogens is 4. The van der Waals surface area contributed by atoms with E-state index in [1.54, 1.807) is 30.3 Å². The van der Waals surface area contributed by atoms with Crippen LogP contribution >= 0.6 is 58.2 Å². The lowest BCUT2D eigenvalue weighted by Crippen LogP contribution is -2.34. The Balaban J connectivity index is 1.77. The summed E-state index contributed by atoms with van der Waals surface area (Å²) in [4.78, 5) is 25.5. The molecule has 0 aliphatic heterocycles. The number of thioether (sulfide) groups is 1. The van der Waals surface area contributed by atoms with Crippen molar-refractivity contribution in [2.24, 2.45) is 5.92 Å². The molecule has 2 amide bonds. The quantitative estimate of drug-likeness (QED) is 0.153. The number of amides is 2. The third-order valence-corrected chi connectivity index (χ3v) is 7.35. The molecule has 3 aromatic rings. The maximum atomic E-state index is 12.9. The summed E-state index contributed by atoms with van der Waals surface area (Å²) in [6.07, 6.45) is 1.69. The van der Waals surface area contributed by atoms with E-state index in [0.29, 0.717) is 38.8 Å². The van der Waals surface area contributed by atoms with Crippen LogP contribution in [0.5, 0.6) is 0 Å². The van der Waals surface area contributed by atoms with E-state index < -0.39 is 6.04 Å². The third-order valence-electron chi connectivity index (χ3n) is 5.02. The van der Waals surface area contributed by atoms with Gasteiger partial charge in [0.15, 0.2) is 11.0 Å². The van der Waals surface area contributed by atoms with Crippen LogP contribution in [0, 0.1) is 5.92 Å². The van der Waals surface area contributed by atoms with Gasteiger partial charge in [0.1, 0.15) is 0 Å². The molecule has 1 atom stereocenters. The van der Waals surface area contributed by atoms with Crippen LogP contribution in [0.15, 0.2) is 54.2 Å². The lowest BCUT2D eigenvalue weighted by Gasteiger charge is -2.23. The molecule has 2 aromatic carbocycles. The summed E-state index contributed by atoms with van der Waals surface area (Å²) in [6, 6.07) is 9.31. The molecule has 36 heavy (non-hydrogen) atoms. The third kappa shape index (κ3) is 6.95. The predicted molar refractivity (Wildman–Crippen MR) is 148 cm³/mol. The fourth-order valence-corrected chi connectivity index (χ4v) is 4.84. The normalized spacial score (nSPS) is 11.9. The number of carbonyl (C=O) groups is 2. The molecule has 1 unspecified atom stereocenters. The second-order valence-corrected chi connectivity index (χ2v) is 10.6. The Bertz CT molecular complexity index is 1280. The zero-order chi connectivity index (χ0) is 26.4. The van der Waals surface area contributed by atoms with Crippen LogP contribution in [0.25, 0.3) is 0 Å². The average Bonchev–Trinajstić information content (AvgIpc) is 3.22. The second kappa shape index (κ2) is 12.8. The second-order valence-electron chi connectivity index (χ2n) is 8.00. The van der Waals surface area contributed by atoms with Crippen LogP contribution in [0.3, 0.4) is 0 Å². The molecule has 7 nitrogen and oxygen atoms in total. The van der Waals surface area contributed by atoms with Crippen molar-refractivity contribution in [1.29, 1.82) is 0 Å². The summed E-state index contributed by atoms with van der Waals surface area (Å²) >= 11 is 25.5. The van der Waals surface area contributed by atoms with E-state index in [-0.39, 0.29) is 33.5 Å². The van der Waals surface area contributed by atoms with Crippen molar-refractivity contribution in [1.82, 2.24) is 20.1 Å². The van der Waals surface area contributed by atoms with Gasteiger partial charge in [-0.2, -0.15) is 0 Å². The van der Waals surface area contributed by atoms with Crippen LogP contribution in [0.1, 0.15) is 36.1 Å². The topological polar surface area (TPSA) is 88.9 Å². The number of rotatable bonds is 10. The van der Waals surface area contributed by atoms with Crippen molar-refractivity contribution in [3.05, 3.63) is 80.5 Å². The van der Waals surface area contributed by atoms with E-state index in [9.17, 15) is 9.59 Å². The molecule has 1 aromatic heterocycles. The molecule has 2 N–H and O–H groups in total. The van der Waals surface area contributed by atoms with Gasteiger partial charge < -0.3 is 15.2 Å². The minimum Gasteiger partial charge on any atom is -0.342 e. The fraction of sp³-hybridized carbons (Fsp3) is 0.250. The average molecular weight is 587 g/mol. The van der Waals surface area contributed by atoms with Gasteiger partial charge in [-0.05, 0) is 30.2 Å². The van der Waals surface area contributed by atoms with E-state index in [4.69, 9.17) is 46.4 Å². The molecule has 1 heterocycles. The van der Waals surface area contributed by atoms with Gasteiger partial charge in [0.25, 0.3) is 5.91 Å². The van der Waals surface area contributed by atoms with Crippen LogP contribution < -0.4 is 10.6 Å². The Hall–Kier alpha value is -2.23. The first-order chi connectivity index (χ1) is 17.1. The first-order valence-corrected chi connectivity index (χ1v) is 13.3. The number of benzene rings is 2. The largest absolute Gasteiger partial charge is 0.342 e. The molecule has 0 radical (unpaired) electrons. The van der Waals surface area contributed by atoms with Crippen molar-refractivity contribution in [3.8, 4) is 0 Å². The van der Waals surface area contributed by atoms with Crippen molar-refractivity contribution in [2.45, 2.75) is 31.6 Å². The number of hydrogen-bond donors (Lipinski definition) is 2. The summed E-state index contributed by atoms with van der Waals surface area (Å²) in [5, 5.41) is 16.0. The molecule has 3 rings (SSSR count). The molecule has 0 aliphatic carbocycles. The van der Waals surface area contributed by atoms with Crippen LogP contribution in [0.4, 0.5) is 5.69 Å². The Labute approximate surface area is 233 Å². The van der Waals surface area contributed by atoms with E-state index >= 15 is 0 Å². The molecule has 0 aliphatic rings. The molecule has 0 spiro atoms. The summed E-state index contributed by atoms with van der Waals surface area (Å²) in [5.41, 5.74) is 0.721. The standard InChI is InChI=1S/C24H23Cl4N5O2S/c1-4-9-33-22(21(13(2)3)30-23(35)14-7-5-6-8-15(14)25)31-32-24(33)36-12-20(34)29-19-11-17(27)16(26)10-18(19)28/h4-8,10-11,13,21H,1,9,12H2,2-3H3,(H,29,34)(H,30,35). The Morgan fingerprint density at radius 2 is 1.75 bits per heavy atom. The molecule has 0 fully saturated rings. The molecule has 0 saturated heterocycles. The summed E-state index contributed by atoms with van der Waals surface area (Å²) in [6.45, 7) is 8.12. The number of anilines is 1. The fourth-order valence-electron chi connectivity index (χ4n) is 3.27. The first-order valence-electron chi connectivity index (χ1n) is 10.8. The number of hydrogen-bond acceptors (Lipinski definition) is 5. The number of carbonyl (C=O) groups excluding carboxylic acids is 2. The van der Waals surface area contributed by atoms with Crippen LogP contribution in [0.2, 0.25) is 20.1 Å². The van der Waals surface area contributed by atoms with E-state index in [0.717, 1.165) is 0 Å². The van der Waals surface area contributed by atoms with E-state index in [2.05, 4.69) is 27.4 Å². The number of nitrogens with one attached hydrogen (secondary N) is 2. The molecule has 0 saturated carbocycles. The Morgan fingerprint density at radius 3 is 2.42 bits per heavy atom. The summed E-state index contributed by atoms with van der Waals surface area (Å²) in [5.74, 6) is -0.0747. The van der Waals surface area contributed by atoms with E-state index in [1.807, 2.05) is 18.4 Å². The highest BCUT2D eigenvalue weighted by Gasteiger charge is 2.27. The van der Waals surface area contributed by atoms with Gasteiger partial charge >= 0.3 is 0 Å². The summed E-state index contributed by atoms with van der Waals surface area (Å²) in [7, 11) is 0. The van der Waals surface area contributed by atoms with E-state index in [1.165, 1.54) is 23.9 Å². The van der Waals surface area contributed by atoms with Gasteiger partial charge in [-0.1, -0.05) is 90.2 Å². The van der Waals surface area contributed by atoms with Crippen molar-refractivity contribution in [3.63, 3.8) is 0 Å². The minimum absolute atomic E-state index is 0.0119. The van der Waals surface area contributed by atoms with Gasteiger partial charge in [-0.15, -0.1) is 16.8 Å². The van der Waals surface area contributed by atoms with Crippen LogP contribution in [-0.2, 0) is 11.3 Å². The van der Waals surface area contributed by atoms with Gasteiger partial charge in [0, 0.05) is 6.54 Å². The van der Waals surface area contributed by atoms with Crippen molar-refractivity contribution < 1.29 is 9.59 Å². The van der Waals surface area contributed by atoms with Gasteiger partial charge in [-0.25, -0.2) is 0 Å². The van der Waals surface area contributed by atoms with Gasteiger partial charge in [0.2, 0.25) is 5.91 Å². The Kier molecular flexibility index (Phi) is 10.1. The Morgan fingerprint density at radius 1 is 1.06 bits per heavy atom. The predicted octanol–water partition coefficient (Wildman–Crippen LogP) is 6.94. The smallest absolute Gasteiger partial charge is 0.253 e. The molecular formula is C24H23Cl4N5O2S. The van der Waals surface area contributed by atoms with Gasteiger partial charge in [-0.3, -0.25) is 9.59 Å². The molecular weight excluding hydrogens is 564 g/mol. The first kappa shape index (κ1) is 28.3.